The van der Waals surface area contributed by atoms with E-state index in [0.717, 1.165) is 12.2 Å². The van der Waals surface area contributed by atoms with E-state index in [2.05, 4.69) is 23.9 Å². The van der Waals surface area contributed by atoms with E-state index in [9.17, 15) is 0 Å². The van der Waals surface area contributed by atoms with Gasteiger partial charge in [-0.3, -0.25) is 4.68 Å². The lowest BCUT2D eigenvalue weighted by Crippen LogP contribution is -1.98. The fourth-order valence-electron chi connectivity index (χ4n) is 0.762. The van der Waals surface area contributed by atoms with Crippen molar-refractivity contribution in [1.82, 2.24) is 14.8 Å². The van der Waals surface area contributed by atoms with E-state index in [1.807, 2.05) is 6.92 Å². The molecule has 0 amide bonds. The van der Waals surface area contributed by atoms with Gasteiger partial charge < -0.3 is 5.11 Å². The van der Waals surface area contributed by atoms with Crippen molar-refractivity contribution in [1.29, 1.82) is 0 Å². The second-order valence-electron chi connectivity index (χ2n) is 2.79. The summed E-state index contributed by atoms with van der Waals surface area (Å²) < 4.78 is 1.60. The molecule has 0 aliphatic rings. The number of rotatable bonds is 2. The molecular weight excluding hydrogens is 166 g/mol. The van der Waals surface area contributed by atoms with Crippen LogP contribution in [0.2, 0.25) is 0 Å². The van der Waals surface area contributed by atoms with Gasteiger partial charge >= 0.3 is 0 Å². The molecule has 0 aliphatic carbocycles. The summed E-state index contributed by atoms with van der Waals surface area (Å²) in [7, 11) is 1.78. The first-order chi connectivity index (χ1) is 6.19. The molecule has 0 fully saturated rings. The molecule has 4 nitrogen and oxygen atoms in total. The second kappa shape index (κ2) is 6.60. The molecule has 0 spiro atoms. The molecule has 4 heteroatoms. The van der Waals surface area contributed by atoms with Crippen LogP contribution in [0, 0.1) is 0 Å². The Morgan fingerprint density at radius 1 is 1.31 bits per heavy atom. The van der Waals surface area contributed by atoms with Gasteiger partial charge in [-0.1, -0.05) is 27.2 Å². The molecule has 0 aromatic carbocycles. The van der Waals surface area contributed by atoms with Gasteiger partial charge in [-0.2, -0.15) is 5.10 Å². The molecule has 0 radical (unpaired) electrons. The van der Waals surface area contributed by atoms with E-state index in [1.165, 1.54) is 6.42 Å². The zero-order valence-corrected chi connectivity index (χ0v) is 8.91. The van der Waals surface area contributed by atoms with Gasteiger partial charge in [0.15, 0.2) is 11.6 Å². The van der Waals surface area contributed by atoms with Crippen LogP contribution in [0.15, 0.2) is 0 Å². The second-order valence-corrected chi connectivity index (χ2v) is 2.79. The van der Waals surface area contributed by atoms with Crippen molar-refractivity contribution in [2.75, 3.05) is 0 Å². The maximum Gasteiger partial charge on any atom is 0.152 e. The van der Waals surface area contributed by atoms with E-state index in [-0.39, 0.29) is 6.61 Å². The zero-order chi connectivity index (χ0) is 10.3. The number of aliphatic hydroxyl groups is 1. The lowest BCUT2D eigenvalue weighted by atomic mass is 10.5. The highest BCUT2D eigenvalue weighted by molar-refractivity contribution is 4.90. The van der Waals surface area contributed by atoms with Crippen LogP contribution in [0.25, 0.3) is 0 Å². The maximum absolute atomic E-state index is 8.70. The molecule has 1 aromatic rings. The number of nitrogens with zero attached hydrogens (tertiary/aromatic N) is 3. The summed E-state index contributed by atoms with van der Waals surface area (Å²) in [4.78, 5) is 4.05. The van der Waals surface area contributed by atoms with Crippen LogP contribution in [0.3, 0.4) is 0 Å². The predicted octanol–water partition coefficient (Wildman–Crippen LogP) is 1.29. The normalized spacial score (nSPS) is 9.31. The fraction of sp³-hybridized carbons (Fsp3) is 0.778. The minimum atomic E-state index is -0.0382. The monoisotopic (exact) mass is 185 g/mol. The Labute approximate surface area is 79.6 Å². The van der Waals surface area contributed by atoms with Gasteiger partial charge in [-0.25, -0.2) is 4.98 Å². The van der Waals surface area contributed by atoms with Gasteiger partial charge in [-0.05, 0) is 0 Å². The average molecular weight is 185 g/mol. The minimum absolute atomic E-state index is 0.0382. The van der Waals surface area contributed by atoms with Crippen molar-refractivity contribution in [3.8, 4) is 0 Å². The first kappa shape index (κ1) is 12.1. The molecule has 1 rings (SSSR count). The van der Waals surface area contributed by atoms with Crippen LogP contribution in [0.1, 0.15) is 38.8 Å². The molecule has 76 valence electrons. The van der Waals surface area contributed by atoms with Crippen LogP contribution < -0.4 is 0 Å². The summed E-state index contributed by atoms with van der Waals surface area (Å²) in [5.74, 6) is 1.41. The third kappa shape index (κ3) is 4.03. The first-order valence-electron chi connectivity index (χ1n) is 4.69. The molecule has 1 aromatic heterocycles. The van der Waals surface area contributed by atoms with Crippen LogP contribution >= 0.6 is 0 Å². The topological polar surface area (TPSA) is 50.9 Å². The maximum atomic E-state index is 8.70. The van der Waals surface area contributed by atoms with Gasteiger partial charge in [0.2, 0.25) is 0 Å². The SMILES string of the molecule is CCC.CCc1nc(CO)n(C)n1. The third-order valence-corrected chi connectivity index (χ3v) is 1.35. The van der Waals surface area contributed by atoms with Gasteiger partial charge in [0.25, 0.3) is 0 Å². The first-order valence-corrected chi connectivity index (χ1v) is 4.69. The summed E-state index contributed by atoms with van der Waals surface area (Å²) in [6.45, 7) is 6.19. The van der Waals surface area contributed by atoms with Crippen molar-refractivity contribution < 1.29 is 5.11 Å². The third-order valence-electron chi connectivity index (χ3n) is 1.35. The van der Waals surface area contributed by atoms with Crippen molar-refractivity contribution in [3.05, 3.63) is 11.6 Å². The Kier molecular flexibility index (Phi) is 6.14. The van der Waals surface area contributed by atoms with E-state index in [4.69, 9.17) is 5.11 Å². The van der Waals surface area contributed by atoms with Crippen LogP contribution in [-0.4, -0.2) is 19.9 Å². The highest BCUT2D eigenvalue weighted by Crippen LogP contribution is 1.95. The summed E-state index contributed by atoms with van der Waals surface area (Å²) in [5.41, 5.74) is 0. The zero-order valence-electron chi connectivity index (χ0n) is 8.91. The molecule has 1 N–H and O–H groups in total. The summed E-state index contributed by atoms with van der Waals surface area (Å²) >= 11 is 0. The molecule has 0 atom stereocenters. The minimum Gasteiger partial charge on any atom is -0.388 e. The standard InChI is InChI=1S/C6H11N3O.C3H8/c1-3-5-7-6(4-10)9(2)8-5;1-3-2/h10H,3-4H2,1-2H3;3H2,1-2H3. The molecule has 0 aliphatic heterocycles. The summed E-state index contributed by atoms with van der Waals surface area (Å²) in [5, 5.41) is 12.7. The van der Waals surface area contributed by atoms with E-state index >= 15 is 0 Å². The molecule has 13 heavy (non-hydrogen) atoms. The molecule has 0 bridgehead atoms. The number of aliphatic hydroxyl groups excluding tert-OH is 1. The summed E-state index contributed by atoms with van der Waals surface area (Å²) in [6, 6.07) is 0. The number of aryl methyl sites for hydroxylation is 2. The van der Waals surface area contributed by atoms with E-state index < -0.39 is 0 Å². The quantitative estimate of drug-likeness (QED) is 0.755. The highest BCUT2D eigenvalue weighted by Gasteiger charge is 2.01. The smallest absolute Gasteiger partial charge is 0.152 e. The Bertz CT molecular complexity index is 233. The Balaban J connectivity index is 0.000000424. The van der Waals surface area contributed by atoms with Gasteiger partial charge in [0.1, 0.15) is 6.61 Å². The van der Waals surface area contributed by atoms with Crippen LogP contribution in [0.4, 0.5) is 0 Å². The van der Waals surface area contributed by atoms with Gasteiger partial charge in [0, 0.05) is 13.5 Å². The van der Waals surface area contributed by atoms with Crippen molar-refractivity contribution in [2.24, 2.45) is 7.05 Å². The van der Waals surface area contributed by atoms with E-state index in [1.54, 1.807) is 11.7 Å². The average Bonchev–Trinajstić information content (AvgIpc) is 2.47. The van der Waals surface area contributed by atoms with Gasteiger partial charge in [0.05, 0.1) is 0 Å². The Morgan fingerprint density at radius 3 is 2.08 bits per heavy atom. The van der Waals surface area contributed by atoms with Crippen molar-refractivity contribution in [2.45, 2.75) is 40.2 Å². The molecule has 1 heterocycles. The fourth-order valence-corrected chi connectivity index (χ4v) is 0.762. The van der Waals surface area contributed by atoms with Crippen LogP contribution in [0.5, 0.6) is 0 Å². The lowest BCUT2D eigenvalue weighted by molar-refractivity contribution is 0.265. The van der Waals surface area contributed by atoms with E-state index in [0.29, 0.717) is 5.82 Å². The number of aromatic nitrogens is 3. The predicted molar refractivity (Wildman–Crippen MR) is 52.3 cm³/mol. The molecule has 0 unspecified atom stereocenters. The highest BCUT2D eigenvalue weighted by atomic mass is 16.3. The molecule has 0 saturated carbocycles. The van der Waals surface area contributed by atoms with Crippen molar-refractivity contribution >= 4 is 0 Å². The Morgan fingerprint density at radius 2 is 1.85 bits per heavy atom. The van der Waals surface area contributed by atoms with Crippen molar-refractivity contribution in [3.63, 3.8) is 0 Å². The summed E-state index contributed by atoms with van der Waals surface area (Å²) in [6.07, 6.45) is 2.06. The molecular formula is C9H19N3O. The lowest BCUT2D eigenvalue weighted by Gasteiger charge is -1.89. The Hall–Kier alpha value is -0.900. The number of hydrogen-bond donors (Lipinski definition) is 1. The largest absolute Gasteiger partial charge is 0.388 e. The molecule has 0 saturated heterocycles. The van der Waals surface area contributed by atoms with Gasteiger partial charge in [-0.15, -0.1) is 0 Å². The van der Waals surface area contributed by atoms with Crippen LogP contribution in [-0.2, 0) is 20.1 Å². The number of hydrogen-bond acceptors (Lipinski definition) is 3.